The summed E-state index contributed by atoms with van der Waals surface area (Å²) in [4.78, 5) is 0. The van der Waals surface area contributed by atoms with Gasteiger partial charge in [-0.3, -0.25) is 0 Å². The van der Waals surface area contributed by atoms with E-state index in [-0.39, 0.29) is 18.4 Å². The van der Waals surface area contributed by atoms with Gasteiger partial charge in [-0.05, 0) is 40.3 Å². The SMILES string of the molecule is Cl.N#CC(N)Cc1ccc(I)cc1. The Hall–Kier alpha value is -0.310. The van der Waals surface area contributed by atoms with Gasteiger partial charge in [-0.15, -0.1) is 12.4 Å². The number of nitrogens with zero attached hydrogens (tertiary/aromatic N) is 1. The summed E-state index contributed by atoms with van der Waals surface area (Å²) in [5.41, 5.74) is 6.60. The molecule has 0 saturated heterocycles. The molecule has 1 atom stereocenters. The van der Waals surface area contributed by atoms with Crippen molar-refractivity contribution in [1.82, 2.24) is 0 Å². The van der Waals surface area contributed by atoms with Crippen LogP contribution in [0.15, 0.2) is 24.3 Å². The summed E-state index contributed by atoms with van der Waals surface area (Å²) in [6.45, 7) is 0. The van der Waals surface area contributed by atoms with Crippen LogP contribution in [0.25, 0.3) is 0 Å². The molecule has 0 aromatic heterocycles. The molecule has 0 heterocycles. The van der Waals surface area contributed by atoms with E-state index in [2.05, 4.69) is 22.6 Å². The van der Waals surface area contributed by atoms with Crippen molar-refractivity contribution in [2.24, 2.45) is 5.73 Å². The third kappa shape index (κ3) is 4.46. The zero-order valence-electron chi connectivity index (χ0n) is 6.90. The van der Waals surface area contributed by atoms with Gasteiger partial charge in [0.05, 0.1) is 12.1 Å². The second-order valence-corrected chi connectivity index (χ2v) is 3.81. The van der Waals surface area contributed by atoms with E-state index in [0.717, 1.165) is 5.56 Å². The molecule has 0 spiro atoms. The summed E-state index contributed by atoms with van der Waals surface area (Å²) in [5.74, 6) is 0. The topological polar surface area (TPSA) is 49.8 Å². The van der Waals surface area contributed by atoms with E-state index >= 15 is 0 Å². The van der Waals surface area contributed by atoms with Gasteiger partial charge in [-0.25, -0.2) is 0 Å². The Balaban J connectivity index is 0.00000144. The minimum atomic E-state index is -0.384. The van der Waals surface area contributed by atoms with Crippen molar-refractivity contribution in [2.45, 2.75) is 12.5 Å². The van der Waals surface area contributed by atoms with Gasteiger partial charge in [-0.1, -0.05) is 12.1 Å². The highest BCUT2D eigenvalue weighted by Gasteiger charge is 2.00. The number of rotatable bonds is 2. The van der Waals surface area contributed by atoms with Crippen LogP contribution in [0, 0.1) is 14.9 Å². The Morgan fingerprint density at radius 2 is 1.92 bits per heavy atom. The van der Waals surface area contributed by atoms with Crippen molar-refractivity contribution in [3.63, 3.8) is 0 Å². The zero-order valence-corrected chi connectivity index (χ0v) is 9.88. The number of halogens is 2. The van der Waals surface area contributed by atoms with E-state index in [4.69, 9.17) is 11.0 Å². The van der Waals surface area contributed by atoms with Gasteiger partial charge in [0, 0.05) is 9.99 Å². The molecule has 2 nitrogen and oxygen atoms in total. The van der Waals surface area contributed by atoms with E-state index in [1.165, 1.54) is 3.57 Å². The van der Waals surface area contributed by atoms with Gasteiger partial charge >= 0.3 is 0 Å². The Labute approximate surface area is 97.7 Å². The molecule has 0 radical (unpaired) electrons. The van der Waals surface area contributed by atoms with Crippen LogP contribution in [0.4, 0.5) is 0 Å². The fraction of sp³-hybridized carbons (Fsp3) is 0.222. The molecular formula is C9H10ClIN2. The van der Waals surface area contributed by atoms with Gasteiger partial charge in [0.25, 0.3) is 0 Å². The van der Waals surface area contributed by atoms with Crippen LogP contribution in [0.2, 0.25) is 0 Å². The highest BCUT2D eigenvalue weighted by Crippen LogP contribution is 2.07. The molecule has 2 N–H and O–H groups in total. The van der Waals surface area contributed by atoms with Crippen molar-refractivity contribution >= 4 is 35.0 Å². The summed E-state index contributed by atoms with van der Waals surface area (Å²) in [6, 6.07) is 9.65. The number of hydrogen-bond donors (Lipinski definition) is 1. The number of hydrogen-bond acceptors (Lipinski definition) is 2. The molecule has 70 valence electrons. The maximum atomic E-state index is 8.47. The molecule has 4 heteroatoms. The van der Waals surface area contributed by atoms with Gasteiger partial charge in [-0.2, -0.15) is 5.26 Å². The van der Waals surface area contributed by atoms with Crippen LogP contribution in [0.3, 0.4) is 0 Å². The van der Waals surface area contributed by atoms with Crippen LogP contribution >= 0.6 is 35.0 Å². The first-order chi connectivity index (χ1) is 5.72. The zero-order chi connectivity index (χ0) is 8.97. The number of nitriles is 1. The average molecular weight is 309 g/mol. The molecule has 0 aliphatic carbocycles. The molecule has 0 aliphatic rings. The molecule has 0 bridgehead atoms. The lowest BCUT2D eigenvalue weighted by molar-refractivity contribution is 0.823. The molecule has 0 amide bonds. The van der Waals surface area contributed by atoms with Gasteiger partial charge < -0.3 is 5.73 Å². The van der Waals surface area contributed by atoms with Crippen LogP contribution in [0.5, 0.6) is 0 Å². The normalized spacial score (nSPS) is 11.2. The maximum Gasteiger partial charge on any atom is 0.0968 e. The Morgan fingerprint density at radius 1 is 1.38 bits per heavy atom. The molecule has 1 aromatic rings. The van der Waals surface area contributed by atoms with Crippen molar-refractivity contribution in [3.8, 4) is 6.07 Å². The highest BCUT2D eigenvalue weighted by atomic mass is 127. The van der Waals surface area contributed by atoms with E-state index in [1.807, 2.05) is 30.3 Å². The van der Waals surface area contributed by atoms with Crippen molar-refractivity contribution < 1.29 is 0 Å². The molecule has 0 aliphatic heterocycles. The Kier molecular flexibility index (Phi) is 6.04. The summed E-state index contributed by atoms with van der Waals surface area (Å²) in [6.07, 6.45) is 0.632. The monoisotopic (exact) mass is 308 g/mol. The summed E-state index contributed by atoms with van der Waals surface area (Å²) >= 11 is 2.24. The first-order valence-electron chi connectivity index (χ1n) is 3.62. The van der Waals surface area contributed by atoms with Gasteiger partial charge in [0.15, 0.2) is 0 Å². The van der Waals surface area contributed by atoms with E-state index in [0.29, 0.717) is 6.42 Å². The summed E-state index contributed by atoms with van der Waals surface area (Å²) < 4.78 is 1.20. The largest absolute Gasteiger partial charge is 0.316 e. The smallest absolute Gasteiger partial charge is 0.0968 e. The van der Waals surface area contributed by atoms with Crippen molar-refractivity contribution in [1.29, 1.82) is 5.26 Å². The molecule has 0 fully saturated rings. The molecule has 1 aromatic carbocycles. The lowest BCUT2D eigenvalue weighted by Gasteiger charge is -2.01. The van der Waals surface area contributed by atoms with Crippen molar-refractivity contribution in [3.05, 3.63) is 33.4 Å². The fourth-order valence-electron chi connectivity index (χ4n) is 0.920. The first-order valence-corrected chi connectivity index (χ1v) is 4.70. The fourth-order valence-corrected chi connectivity index (χ4v) is 1.28. The third-order valence-electron chi connectivity index (χ3n) is 1.53. The van der Waals surface area contributed by atoms with Crippen LogP contribution < -0.4 is 5.73 Å². The number of nitrogens with two attached hydrogens (primary N) is 1. The van der Waals surface area contributed by atoms with Crippen LogP contribution in [-0.4, -0.2) is 6.04 Å². The van der Waals surface area contributed by atoms with E-state index in [1.54, 1.807) is 0 Å². The predicted molar refractivity (Wildman–Crippen MR) is 63.7 cm³/mol. The predicted octanol–water partition coefficient (Wildman–Crippen LogP) is 2.11. The standard InChI is InChI=1S/C9H9IN2.ClH/c10-8-3-1-7(2-4-8)5-9(12)6-11;/h1-4,9H,5,12H2;1H. The second kappa shape index (κ2) is 6.19. The first kappa shape index (κ1) is 12.7. The van der Waals surface area contributed by atoms with E-state index < -0.39 is 0 Å². The number of benzene rings is 1. The lowest BCUT2D eigenvalue weighted by atomic mass is 10.1. The molecule has 1 rings (SSSR count). The average Bonchev–Trinajstić information content (AvgIpc) is 2.09. The highest BCUT2D eigenvalue weighted by molar-refractivity contribution is 14.1. The molecule has 1 unspecified atom stereocenters. The molecular weight excluding hydrogens is 298 g/mol. The maximum absolute atomic E-state index is 8.47. The second-order valence-electron chi connectivity index (χ2n) is 2.57. The quantitative estimate of drug-likeness (QED) is 0.851. The summed E-state index contributed by atoms with van der Waals surface area (Å²) in [5, 5.41) is 8.47. The van der Waals surface area contributed by atoms with Gasteiger partial charge in [0.1, 0.15) is 0 Å². The van der Waals surface area contributed by atoms with Crippen molar-refractivity contribution in [2.75, 3.05) is 0 Å². The minimum absolute atomic E-state index is 0. The van der Waals surface area contributed by atoms with E-state index in [9.17, 15) is 0 Å². The van der Waals surface area contributed by atoms with Crippen LogP contribution in [-0.2, 0) is 6.42 Å². The van der Waals surface area contributed by atoms with Crippen LogP contribution in [0.1, 0.15) is 5.56 Å². The molecule has 0 saturated carbocycles. The summed E-state index contributed by atoms with van der Waals surface area (Å²) in [7, 11) is 0. The lowest BCUT2D eigenvalue weighted by Crippen LogP contribution is -2.19. The minimum Gasteiger partial charge on any atom is -0.316 e. The van der Waals surface area contributed by atoms with Gasteiger partial charge in [0.2, 0.25) is 0 Å². The third-order valence-corrected chi connectivity index (χ3v) is 2.25. The Bertz CT molecular complexity index is 291. The molecule has 13 heavy (non-hydrogen) atoms. The Morgan fingerprint density at radius 3 is 2.38 bits per heavy atom.